The van der Waals surface area contributed by atoms with Gasteiger partial charge < -0.3 is 0 Å². The Morgan fingerprint density at radius 3 is 1.80 bits per heavy atom. The lowest BCUT2D eigenvalue weighted by Gasteiger charge is -2.05. The maximum atomic E-state index is 3.78. The molecule has 0 aromatic carbocycles. The Bertz CT molecular complexity index is 110. The van der Waals surface area contributed by atoms with Crippen LogP contribution >= 0.6 is 0 Å². The highest BCUT2D eigenvalue weighted by molar-refractivity contribution is 5.62. The fourth-order valence-electron chi connectivity index (χ4n) is 0.304. The largest absolute Gasteiger partial charge is 0.269 e. The van der Waals surface area contributed by atoms with Gasteiger partial charge in [-0.3, -0.25) is 4.99 Å². The van der Waals surface area contributed by atoms with Gasteiger partial charge in [0.1, 0.15) is 0 Å². The molecule has 0 N–H and O–H groups in total. The molecule has 0 unspecified atom stereocenters. The minimum atomic E-state index is 0.500. The molecule has 1 aliphatic rings. The van der Waals surface area contributed by atoms with Gasteiger partial charge in [0.05, 0.1) is 0 Å². The standard InChI is InChI=1S/C5H12.C4H5N/c1-5(2,3)4;1-2-4-5-3-1/h1-4H3;1,3-4H,2H2. The average Bonchev–Trinajstić information content (AvgIpc) is 2.07. The van der Waals surface area contributed by atoms with Gasteiger partial charge in [0, 0.05) is 18.8 Å². The van der Waals surface area contributed by atoms with Crippen LogP contribution < -0.4 is 0 Å². The second kappa shape index (κ2) is 4.26. The van der Waals surface area contributed by atoms with E-state index >= 15 is 0 Å². The van der Waals surface area contributed by atoms with Gasteiger partial charge in [-0.15, -0.1) is 0 Å². The van der Waals surface area contributed by atoms with E-state index in [-0.39, 0.29) is 0 Å². The third-order valence-electron chi connectivity index (χ3n) is 0.538. The average molecular weight is 139 g/mol. The minimum Gasteiger partial charge on any atom is -0.269 e. The van der Waals surface area contributed by atoms with E-state index in [1.807, 2.05) is 12.3 Å². The molecular weight excluding hydrogens is 122 g/mol. The number of nitrogens with zero attached hydrogens (tertiary/aromatic N) is 1. The van der Waals surface area contributed by atoms with Crippen molar-refractivity contribution in [3.63, 3.8) is 0 Å². The Balaban J connectivity index is 0.000000162. The van der Waals surface area contributed by atoms with Crippen LogP contribution in [0.1, 0.15) is 34.1 Å². The summed E-state index contributed by atoms with van der Waals surface area (Å²) in [6, 6.07) is 0. The normalized spacial score (nSPS) is 14.8. The molecule has 0 fully saturated rings. The number of hydrogen-bond donors (Lipinski definition) is 0. The second-order valence-corrected chi connectivity index (χ2v) is 3.95. The van der Waals surface area contributed by atoms with Crippen LogP contribution in [0.25, 0.3) is 0 Å². The molecule has 1 heterocycles. The Morgan fingerprint density at radius 1 is 1.20 bits per heavy atom. The smallest absolute Gasteiger partial charge is 0.0227 e. The van der Waals surface area contributed by atoms with Crippen LogP contribution in [0.4, 0.5) is 0 Å². The summed E-state index contributed by atoms with van der Waals surface area (Å²) in [6.45, 7) is 8.75. The second-order valence-electron chi connectivity index (χ2n) is 3.95. The SMILES string of the molecule is C1=CN=CC1.CC(C)(C)C. The molecule has 1 heteroatoms. The Hall–Kier alpha value is -0.590. The van der Waals surface area contributed by atoms with Crippen LogP contribution in [0.2, 0.25) is 0 Å². The fourth-order valence-corrected chi connectivity index (χ4v) is 0.304. The first-order valence-corrected chi connectivity index (χ1v) is 3.67. The number of rotatable bonds is 0. The summed E-state index contributed by atoms with van der Waals surface area (Å²) in [7, 11) is 0. The third-order valence-corrected chi connectivity index (χ3v) is 0.538. The van der Waals surface area contributed by atoms with Crippen molar-refractivity contribution in [3.05, 3.63) is 12.3 Å². The monoisotopic (exact) mass is 139 g/mol. The molecule has 0 aromatic heterocycles. The van der Waals surface area contributed by atoms with E-state index < -0.39 is 0 Å². The molecule has 1 nitrogen and oxygen atoms in total. The molecule has 0 bridgehead atoms. The Morgan fingerprint density at radius 2 is 1.70 bits per heavy atom. The van der Waals surface area contributed by atoms with Crippen molar-refractivity contribution >= 4 is 6.21 Å². The molecule has 58 valence electrons. The lowest BCUT2D eigenvalue weighted by Crippen LogP contribution is -1.93. The summed E-state index contributed by atoms with van der Waals surface area (Å²) in [4.78, 5) is 3.78. The van der Waals surface area contributed by atoms with Crippen molar-refractivity contribution in [2.75, 3.05) is 0 Å². The molecule has 0 spiro atoms. The molecule has 0 saturated heterocycles. The van der Waals surface area contributed by atoms with Crippen molar-refractivity contribution in [3.8, 4) is 0 Å². The zero-order chi connectivity index (χ0) is 8.04. The van der Waals surface area contributed by atoms with E-state index in [1.54, 1.807) is 6.20 Å². The fraction of sp³-hybridized carbons (Fsp3) is 0.667. The van der Waals surface area contributed by atoms with Crippen molar-refractivity contribution in [1.82, 2.24) is 0 Å². The van der Waals surface area contributed by atoms with Crippen LogP contribution in [0.15, 0.2) is 17.3 Å². The summed E-state index contributed by atoms with van der Waals surface area (Å²) >= 11 is 0. The minimum absolute atomic E-state index is 0.500. The Kier molecular flexibility index (Phi) is 4.01. The highest BCUT2D eigenvalue weighted by atomic mass is 14.7. The van der Waals surface area contributed by atoms with Gasteiger partial charge in [-0.05, 0) is 5.41 Å². The lowest BCUT2D eigenvalue weighted by molar-refractivity contribution is 0.469. The molecule has 0 amide bonds. The van der Waals surface area contributed by atoms with Crippen LogP contribution in [0.5, 0.6) is 0 Å². The van der Waals surface area contributed by atoms with Gasteiger partial charge in [-0.1, -0.05) is 33.8 Å². The van der Waals surface area contributed by atoms with E-state index in [9.17, 15) is 0 Å². The number of aliphatic imine (C=N–C) groups is 1. The number of hydrogen-bond acceptors (Lipinski definition) is 1. The Labute approximate surface area is 63.9 Å². The van der Waals surface area contributed by atoms with Crippen molar-refractivity contribution in [1.29, 1.82) is 0 Å². The molecule has 0 radical (unpaired) electrons. The van der Waals surface area contributed by atoms with Gasteiger partial charge in [0.25, 0.3) is 0 Å². The quantitative estimate of drug-likeness (QED) is 0.489. The van der Waals surface area contributed by atoms with Crippen molar-refractivity contribution in [2.24, 2.45) is 10.4 Å². The van der Waals surface area contributed by atoms with Gasteiger partial charge >= 0.3 is 0 Å². The predicted molar refractivity (Wildman–Crippen MR) is 47.4 cm³/mol. The molecular formula is C9H17N. The van der Waals surface area contributed by atoms with Gasteiger partial charge in [0.15, 0.2) is 0 Å². The zero-order valence-corrected chi connectivity index (χ0v) is 7.39. The van der Waals surface area contributed by atoms with Gasteiger partial charge in [-0.2, -0.15) is 0 Å². The first-order valence-electron chi connectivity index (χ1n) is 3.67. The van der Waals surface area contributed by atoms with E-state index in [4.69, 9.17) is 0 Å². The molecule has 1 aliphatic heterocycles. The predicted octanol–water partition coefficient (Wildman–Crippen LogP) is 3.03. The van der Waals surface area contributed by atoms with Crippen molar-refractivity contribution < 1.29 is 0 Å². The molecule has 0 atom stereocenters. The summed E-state index contributed by atoms with van der Waals surface area (Å²) in [5.74, 6) is 0. The van der Waals surface area contributed by atoms with E-state index in [1.165, 1.54) is 0 Å². The third kappa shape index (κ3) is 15.7. The lowest BCUT2D eigenvalue weighted by atomic mass is 10.0. The summed E-state index contributed by atoms with van der Waals surface area (Å²) in [6.07, 6.45) is 6.72. The molecule has 0 saturated carbocycles. The number of allylic oxidation sites excluding steroid dienone is 1. The van der Waals surface area contributed by atoms with Crippen LogP contribution in [-0.2, 0) is 0 Å². The molecule has 0 aromatic rings. The summed E-state index contributed by atoms with van der Waals surface area (Å²) in [5, 5.41) is 0. The topological polar surface area (TPSA) is 12.4 Å². The van der Waals surface area contributed by atoms with Gasteiger partial charge in [-0.25, -0.2) is 0 Å². The van der Waals surface area contributed by atoms with Crippen LogP contribution in [0, 0.1) is 5.41 Å². The zero-order valence-electron chi connectivity index (χ0n) is 7.39. The van der Waals surface area contributed by atoms with Crippen LogP contribution in [0.3, 0.4) is 0 Å². The highest BCUT2D eigenvalue weighted by Gasteiger charge is 1.95. The maximum Gasteiger partial charge on any atom is 0.0227 e. The molecule has 0 aliphatic carbocycles. The van der Waals surface area contributed by atoms with E-state index in [0.717, 1.165) is 6.42 Å². The summed E-state index contributed by atoms with van der Waals surface area (Å²) < 4.78 is 0. The van der Waals surface area contributed by atoms with E-state index in [2.05, 4.69) is 32.7 Å². The highest BCUT2D eigenvalue weighted by Crippen LogP contribution is 2.08. The maximum absolute atomic E-state index is 3.78. The molecule has 10 heavy (non-hydrogen) atoms. The summed E-state index contributed by atoms with van der Waals surface area (Å²) in [5.41, 5.74) is 0.500. The van der Waals surface area contributed by atoms with Crippen molar-refractivity contribution in [2.45, 2.75) is 34.1 Å². The van der Waals surface area contributed by atoms with E-state index in [0.29, 0.717) is 5.41 Å². The van der Waals surface area contributed by atoms with Gasteiger partial charge in [0.2, 0.25) is 0 Å². The molecule has 1 rings (SSSR count). The first kappa shape index (κ1) is 9.41. The first-order chi connectivity index (χ1) is 4.50. The van der Waals surface area contributed by atoms with Crippen LogP contribution in [-0.4, -0.2) is 6.21 Å².